The van der Waals surface area contributed by atoms with Crippen molar-refractivity contribution in [1.82, 2.24) is 24.5 Å². The number of nitrogens with zero attached hydrogens (tertiary/aromatic N) is 5. The van der Waals surface area contributed by atoms with Crippen LogP contribution in [0.25, 0.3) is 11.3 Å². The van der Waals surface area contributed by atoms with E-state index in [4.69, 9.17) is 23.2 Å². The molecule has 0 unspecified atom stereocenters. The molecule has 0 radical (unpaired) electrons. The van der Waals surface area contributed by atoms with Crippen molar-refractivity contribution in [3.8, 4) is 11.3 Å². The molecule has 0 aliphatic heterocycles. The highest BCUT2D eigenvalue weighted by atomic mass is 35.5. The molecule has 1 N–H and O–H groups in total. The van der Waals surface area contributed by atoms with Gasteiger partial charge < -0.3 is 5.11 Å². The normalized spacial score (nSPS) is 14.4. The van der Waals surface area contributed by atoms with E-state index in [9.17, 15) is 13.9 Å². The van der Waals surface area contributed by atoms with Crippen molar-refractivity contribution in [3.05, 3.63) is 88.6 Å². The summed E-state index contributed by atoms with van der Waals surface area (Å²) in [5, 5.41) is 21.0. The Labute approximate surface area is 186 Å². The lowest BCUT2D eigenvalue weighted by molar-refractivity contribution is -0.0368. The van der Waals surface area contributed by atoms with Gasteiger partial charge in [0.05, 0.1) is 28.3 Å². The van der Waals surface area contributed by atoms with Gasteiger partial charge in [0, 0.05) is 23.4 Å². The van der Waals surface area contributed by atoms with Crippen LogP contribution in [0.15, 0.2) is 61.3 Å². The number of hydrogen-bond acceptors (Lipinski definition) is 4. The number of benzene rings is 2. The molecule has 2 aromatic heterocycles. The predicted octanol–water partition coefficient (Wildman–Crippen LogP) is 4.88. The van der Waals surface area contributed by atoms with E-state index in [1.54, 1.807) is 37.4 Å². The van der Waals surface area contributed by atoms with E-state index in [0.29, 0.717) is 15.7 Å². The monoisotopic (exact) mass is 463 g/mol. The van der Waals surface area contributed by atoms with Crippen molar-refractivity contribution < 1.29 is 13.9 Å². The van der Waals surface area contributed by atoms with Crippen LogP contribution in [0.1, 0.15) is 18.5 Å². The van der Waals surface area contributed by atoms with E-state index in [1.165, 1.54) is 28.1 Å². The largest absolute Gasteiger partial charge is 0.381 e. The quantitative estimate of drug-likeness (QED) is 0.442. The third-order valence-corrected chi connectivity index (χ3v) is 5.92. The zero-order valence-electron chi connectivity index (χ0n) is 16.3. The molecule has 4 rings (SSSR count). The molecule has 2 aromatic carbocycles. The van der Waals surface area contributed by atoms with E-state index in [0.717, 1.165) is 17.7 Å². The van der Waals surface area contributed by atoms with Gasteiger partial charge in [-0.1, -0.05) is 35.3 Å². The average molecular weight is 464 g/mol. The lowest BCUT2D eigenvalue weighted by Crippen LogP contribution is -2.40. The minimum Gasteiger partial charge on any atom is -0.381 e. The first-order valence-electron chi connectivity index (χ1n) is 9.29. The Kier molecular flexibility index (Phi) is 5.79. The topological polar surface area (TPSA) is 68.8 Å². The van der Waals surface area contributed by atoms with Crippen LogP contribution in [-0.2, 0) is 12.1 Å². The van der Waals surface area contributed by atoms with Gasteiger partial charge in [-0.25, -0.2) is 18.4 Å². The fraction of sp³-hybridized carbons (Fsp3) is 0.190. The first-order valence-corrected chi connectivity index (χ1v) is 10.0. The molecular formula is C21H17Cl2F2N5O. The standard InChI is InChI=1S/C21H17Cl2F2N5O/c1-13(30-7-6-20(28-30)14-2-5-17(22)18(23)8-14)21(31,10-29-12-26-11-27-29)16-4-3-15(24)9-19(16)25/h2-9,11-13,31H,10H2,1H3/t13-,21-/m1/s1. The molecule has 160 valence electrons. The van der Waals surface area contributed by atoms with Crippen LogP contribution in [0.3, 0.4) is 0 Å². The molecule has 2 atom stereocenters. The molecular weight excluding hydrogens is 447 g/mol. The second-order valence-corrected chi connectivity index (χ2v) is 7.94. The van der Waals surface area contributed by atoms with Gasteiger partial charge in [0.1, 0.15) is 29.9 Å². The first-order chi connectivity index (χ1) is 14.8. The Morgan fingerprint density at radius 1 is 1.10 bits per heavy atom. The average Bonchev–Trinajstić information content (AvgIpc) is 3.41. The summed E-state index contributed by atoms with van der Waals surface area (Å²) in [6.45, 7) is 1.56. The van der Waals surface area contributed by atoms with Crippen molar-refractivity contribution in [2.45, 2.75) is 25.1 Å². The molecule has 31 heavy (non-hydrogen) atoms. The third-order valence-electron chi connectivity index (χ3n) is 5.18. The van der Waals surface area contributed by atoms with E-state index < -0.39 is 23.3 Å². The van der Waals surface area contributed by atoms with Crippen LogP contribution < -0.4 is 0 Å². The van der Waals surface area contributed by atoms with Gasteiger partial charge in [-0.15, -0.1) is 0 Å². The highest BCUT2D eigenvalue weighted by Crippen LogP contribution is 2.37. The molecule has 10 heteroatoms. The van der Waals surface area contributed by atoms with Crippen LogP contribution in [0, 0.1) is 11.6 Å². The summed E-state index contributed by atoms with van der Waals surface area (Å²) in [7, 11) is 0. The summed E-state index contributed by atoms with van der Waals surface area (Å²) < 4.78 is 31.1. The molecule has 0 aliphatic rings. The number of hydrogen-bond donors (Lipinski definition) is 1. The molecule has 0 bridgehead atoms. The number of halogens is 4. The number of aliphatic hydroxyl groups is 1. The zero-order chi connectivity index (χ0) is 22.2. The maximum Gasteiger partial charge on any atom is 0.137 e. The Morgan fingerprint density at radius 2 is 1.90 bits per heavy atom. The van der Waals surface area contributed by atoms with Gasteiger partial charge in [0.15, 0.2) is 0 Å². The van der Waals surface area contributed by atoms with E-state index in [2.05, 4.69) is 15.2 Å². The highest BCUT2D eigenvalue weighted by molar-refractivity contribution is 6.42. The summed E-state index contributed by atoms with van der Waals surface area (Å²) in [4.78, 5) is 3.87. The summed E-state index contributed by atoms with van der Waals surface area (Å²) in [5.41, 5.74) is -0.573. The molecule has 0 saturated carbocycles. The van der Waals surface area contributed by atoms with Gasteiger partial charge in [0.25, 0.3) is 0 Å². The molecule has 0 spiro atoms. The molecule has 0 aliphatic carbocycles. The lowest BCUT2D eigenvalue weighted by Gasteiger charge is -2.34. The van der Waals surface area contributed by atoms with Crippen LogP contribution >= 0.6 is 23.2 Å². The van der Waals surface area contributed by atoms with Crippen molar-refractivity contribution in [3.63, 3.8) is 0 Å². The second-order valence-electron chi connectivity index (χ2n) is 7.13. The fourth-order valence-corrected chi connectivity index (χ4v) is 3.72. The Bertz CT molecular complexity index is 1210. The van der Waals surface area contributed by atoms with E-state index in [-0.39, 0.29) is 12.1 Å². The smallest absolute Gasteiger partial charge is 0.137 e. The van der Waals surface area contributed by atoms with Gasteiger partial charge in [0.2, 0.25) is 0 Å². The summed E-state index contributed by atoms with van der Waals surface area (Å²) in [5.74, 6) is -1.61. The van der Waals surface area contributed by atoms with Crippen LogP contribution in [-0.4, -0.2) is 29.7 Å². The Hall–Kier alpha value is -2.81. The maximum atomic E-state index is 14.7. The first kappa shape index (κ1) is 21.4. The minimum absolute atomic E-state index is 0.0801. The zero-order valence-corrected chi connectivity index (χ0v) is 17.8. The van der Waals surface area contributed by atoms with Crippen LogP contribution in [0.5, 0.6) is 0 Å². The van der Waals surface area contributed by atoms with Crippen molar-refractivity contribution in [2.75, 3.05) is 0 Å². The highest BCUT2D eigenvalue weighted by Gasteiger charge is 2.40. The summed E-state index contributed by atoms with van der Waals surface area (Å²) >= 11 is 12.1. The summed E-state index contributed by atoms with van der Waals surface area (Å²) in [6, 6.07) is 9.16. The second kappa shape index (κ2) is 8.37. The summed E-state index contributed by atoms with van der Waals surface area (Å²) in [6.07, 6.45) is 4.38. The number of rotatable bonds is 6. The van der Waals surface area contributed by atoms with Crippen LogP contribution in [0.2, 0.25) is 10.0 Å². The Morgan fingerprint density at radius 3 is 2.58 bits per heavy atom. The molecule has 2 heterocycles. The van der Waals surface area contributed by atoms with Gasteiger partial charge in [-0.2, -0.15) is 10.2 Å². The van der Waals surface area contributed by atoms with Gasteiger partial charge >= 0.3 is 0 Å². The molecule has 0 fully saturated rings. The van der Waals surface area contributed by atoms with Crippen molar-refractivity contribution >= 4 is 23.2 Å². The van der Waals surface area contributed by atoms with E-state index in [1.807, 2.05) is 0 Å². The van der Waals surface area contributed by atoms with Crippen LogP contribution in [0.4, 0.5) is 8.78 Å². The Balaban J connectivity index is 1.75. The maximum absolute atomic E-state index is 14.7. The third kappa shape index (κ3) is 4.19. The fourth-order valence-electron chi connectivity index (χ4n) is 3.43. The van der Waals surface area contributed by atoms with Crippen molar-refractivity contribution in [1.29, 1.82) is 0 Å². The molecule has 0 saturated heterocycles. The molecule has 6 nitrogen and oxygen atoms in total. The van der Waals surface area contributed by atoms with Gasteiger partial charge in [-0.3, -0.25) is 4.68 Å². The van der Waals surface area contributed by atoms with Gasteiger partial charge in [-0.05, 0) is 31.2 Å². The predicted molar refractivity (Wildman–Crippen MR) is 113 cm³/mol. The molecule has 0 amide bonds. The number of aromatic nitrogens is 5. The lowest BCUT2D eigenvalue weighted by atomic mass is 9.86. The SMILES string of the molecule is C[C@@H](n1ccc(-c2ccc(Cl)c(Cl)c2)n1)[C@](O)(Cn1cncn1)c1ccc(F)cc1F. The molecule has 4 aromatic rings. The minimum atomic E-state index is -1.81. The van der Waals surface area contributed by atoms with Crippen molar-refractivity contribution in [2.24, 2.45) is 0 Å². The van der Waals surface area contributed by atoms with E-state index >= 15 is 0 Å².